The molecule has 0 bridgehead atoms. The first-order valence-corrected chi connectivity index (χ1v) is 8.79. The van der Waals surface area contributed by atoms with Crippen LogP contribution in [-0.2, 0) is 0 Å². The van der Waals surface area contributed by atoms with Gasteiger partial charge in [-0.2, -0.15) is 0 Å². The van der Waals surface area contributed by atoms with Crippen molar-refractivity contribution in [1.82, 2.24) is 0 Å². The van der Waals surface area contributed by atoms with Gasteiger partial charge in [0.05, 0.1) is 0 Å². The van der Waals surface area contributed by atoms with Crippen LogP contribution in [0.5, 0.6) is 5.75 Å². The van der Waals surface area contributed by atoms with Crippen molar-refractivity contribution in [3.63, 3.8) is 0 Å². The van der Waals surface area contributed by atoms with Crippen LogP contribution >= 0.6 is 15.9 Å². The topological polar surface area (TPSA) is 9.23 Å². The van der Waals surface area contributed by atoms with Crippen LogP contribution in [0.25, 0.3) is 0 Å². The lowest BCUT2D eigenvalue weighted by atomic mass is 10.2. The Labute approximate surface area is 102 Å². The van der Waals surface area contributed by atoms with Crippen molar-refractivity contribution in [3.05, 3.63) is 28.7 Å². The van der Waals surface area contributed by atoms with Gasteiger partial charge in [-0.05, 0) is 36.3 Å². The number of hydrogen-bond donors (Lipinski definition) is 0. The summed E-state index contributed by atoms with van der Waals surface area (Å²) in [5, 5.41) is 0.225. The summed E-state index contributed by atoms with van der Waals surface area (Å²) >= 11 is 3.44. The summed E-state index contributed by atoms with van der Waals surface area (Å²) in [5.41, 5.74) is 0. The van der Waals surface area contributed by atoms with Gasteiger partial charge in [0.15, 0.2) is 0 Å². The zero-order valence-corrected chi connectivity index (χ0v) is 12.6. The van der Waals surface area contributed by atoms with Crippen molar-refractivity contribution in [2.24, 2.45) is 0 Å². The number of rotatable bonds is 2. The fourth-order valence-electron chi connectivity index (χ4n) is 0.905. The lowest BCUT2D eigenvalue weighted by molar-refractivity contribution is 0.491. The van der Waals surface area contributed by atoms with Gasteiger partial charge in [0.2, 0.25) is 0 Å². The van der Waals surface area contributed by atoms with E-state index >= 15 is 0 Å². The Morgan fingerprint density at radius 2 is 1.93 bits per heavy atom. The van der Waals surface area contributed by atoms with Crippen molar-refractivity contribution < 1.29 is 4.43 Å². The molecule has 0 aliphatic rings. The average Bonchev–Trinajstić information content (AvgIpc) is 2.00. The van der Waals surface area contributed by atoms with E-state index in [9.17, 15) is 0 Å². The van der Waals surface area contributed by atoms with Crippen molar-refractivity contribution >= 4 is 24.2 Å². The van der Waals surface area contributed by atoms with Crippen molar-refractivity contribution in [1.29, 1.82) is 0 Å². The van der Waals surface area contributed by atoms with Crippen molar-refractivity contribution in [2.45, 2.75) is 38.9 Å². The summed E-state index contributed by atoms with van der Waals surface area (Å²) in [7, 11) is -1.72. The molecule has 0 heterocycles. The average molecular weight is 286 g/mol. The lowest BCUT2D eigenvalue weighted by Crippen LogP contribution is -2.43. The molecule has 0 aliphatic heterocycles. The first kappa shape index (κ1) is 12.8. The molecule has 1 nitrogen and oxygen atoms in total. The summed E-state index contributed by atoms with van der Waals surface area (Å²) in [6.07, 6.45) is 0. The molecular weight excluding hydrogens is 268 g/mol. The van der Waals surface area contributed by atoms with Gasteiger partial charge < -0.3 is 4.43 Å². The zero-order chi connectivity index (χ0) is 11.7. The van der Waals surface area contributed by atoms with Gasteiger partial charge in [0.25, 0.3) is 8.32 Å². The molecule has 0 saturated heterocycles. The van der Waals surface area contributed by atoms with Crippen LogP contribution in [0, 0.1) is 6.07 Å². The monoisotopic (exact) mass is 285 g/mol. The van der Waals surface area contributed by atoms with Gasteiger partial charge >= 0.3 is 0 Å². The molecule has 1 aromatic rings. The third-order valence-corrected chi connectivity index (χ3v) is 7.74. The largest absolute Gasteiger partial charge is 0.543 e. The fraction of sp³-hybridized carbons (Fsp3) is 0.500. The van der Waals surface area contributed by atoms with Gasteiger partial charge in [0, 0.05) is 10.5 Å². The summed E-state index contributed by atoms with van der Waals surface area (Å²) in [6.45, 7) is 11.2. The van der Waals surface area contributed by atoms with Crippen LogP contribution in [0.2, 0.25) is 18.1 Å². The van der Waals surface area contributed by atoms with Crippen molar-refractivity contribution in [3.8, 4) is 5.75 Å². The molecule has 3 heteroatoms. The minimum atomic E-state index is -1.72. The predicted molar refractivity (Wildman–Crippen MR) is 70.8 cm³/mol. The second-order valence-corrected chi connectivity index (χ2v) is 10.9. The highest BCUT2D eigenvalue weighted by Crippen LogP contribution is 2.37. The SMILES string of the molecule is CC(C)(C)[Si](C)(C)Oc1[c]ccc(Br)c1. The molecule has 0 unspecified atom stereocenters. The van der Waals surface area contributed by atoms with E-state index in [1.807, 2.05) is 18.2 Å². The minimum absolute atomic E-state index is 0.225. The maximum atomic E-state index is 6.10. The predicted octanol–water partition coefficient (Wildman–Crippen LogP) is 4.63. The Bertz CT molecular complexity index is 342. The van der Waals surface area contributed by atoms with Crippen LogP contribution in [0.4, 0.5) is 0 Å². The van der Waals surface area contributed by atoms with Gasteiger partial charge in [-0.25, -0.2) is 0 Å². The summed E-state index contributed by atoms with van der Waals surface area (Å²) in [5.74, 6) is 0.843. The van der Waals surface area contributed by atoms with E-state index in [-0.39, 0.29) is 5.04 Å². The third kappa shape index (κ3) is 3.35. The number of halogens is 1. The summed E-state index contributed by atoms with van der Waals surface area (Å²) in [6, 6.07) is 8.93. The number of hydrogen-bond acceptors (Lipinski definition) is 1. The van der Waals surface area contributed by atoms with Crippen LogP contribution in [0.1, 0.15) is 20.8 Å². The number of benzene rings is 1. The molecule has 0 saturated carbocycles. The van der Waals surface area contributed by atoms with E-state index in [0.717, 1.165) is 10.2 Å². The van der Waals surface area contributed by atoms with Crippen LogP contribution < -0.4 is 4.43 Å². The molecule has 0 spiro atoms. The molecule has 83 valence electrons. The van der Waals surface area contributed by atoms with E-state index in [1.54, 1.807) is 0 Å². The first-order valence-electron chi connectivity index (χ1n) is 5.09. The third-order valence-electron chi connectivity index (χ3n) is 2.91. The molecular formula is C12H18BrOSi. The quantitative estimate of drug-likeness (QED) is 0.720. The van der Waals surface area contributed by atoms with Crippen LogP contribution in [0.15, 0.2) is 22.7 Å². The Hall–Kier alpha value is -0.283. The highest BCUT2D eigenvalue weighted by atomic mass is 79.9. The van der Waals surface area contributed by atoms with Crippen LogP contribution in [-0.4, -0.2) is 8.32 Å². The Morgan fingerprint density at radius 1 is 1.33 bits per heavy atom. The van der Waals surface area contributed by atoms with E-state index in [4.69, 9.17) is 4.43 Å². The maximum absolute atomic E-state index is 6.10. The van der Waals surface area contributed by atoms with E-state index in [2.05, 4.69) is 55.9 Å². The molecule has 0 fully saturated rings. The van der Waals surface area contributed by atoms with Gasteiger partial charge in [-0.15, -0.1) is 0 Å². The van der Waals surface area contributed by atoms with Gasteiger partial charge in [0.1, 0.15) is 5.75 Å². The van der Waals surface area contributed by atoms with Crippen LogP contribution in [0.3, 0.4) is 0 Å². The molecule has 1 rings (SSSR count). The first-order chi connectivity index (χ1) is 6.72. The van der Waals surface area contributed by atoms with E-state index < -0.39 is 8.32 Å². The van der Waals surface area contributed by atoms with E-state index in [0.29, 0.717) is 0 Å². The molecule has 0 aliphatic carbocycles. The molecule has 0 N–H and O–H groups in total. The molecule has 0 amide bonds. The Balaban J connectivity index is 2.87. The molecule has 1 radical (unpaired) electrons. The molecule has 0 atom stereocenters. The van der Waals surface area contributed by atoms with E-state index in [1.165, 1.54) is 0 Å². The smallest absolute Gasteiger partial charge is 0.250 e. The molecule has 1 aromatic carbocycles. The normalized spacial score (nSPS) is 12.7. The fourth-order valence-corrected chi connectivity index (χ4v) is 2.22. The van der Waals surface area contributed by atoms with Crippen molar-refractivity contribution in [2.75, 3.05) is 0 Å². The van der Waals surface area contributed by atoms with Gasteiger partial charge in [-0.1, -0.05) is 36.7 Å². The Kier molecular flexibility index (Phi) is 3.66. The summed E-state index contributed by atoms with van der Waals surface area (Å²) < 4.78 is 7.14. The van der Waals surface area contributed by atoms with Gasteiger partial charge in [-0.3, -0.25) is 0 Å². The standard InChI is InChI=1S/C12H18BrOSi/c1-12(2,3)15(4,5)14-11-8-6-7-10(13)9-11/h6-7,9H,1-5H3. The summed E-state index contributed by atoms with van der Waals surface area (Å²) in [4.78, 5) is 0. The maximum Gasteiger partial charge on any atom is 0.250 e. The second kappa shape index (κ2) is 4.30. The highest BCUT2D eigenvalue weighted by Gasteiger charge is 2.38. The highest BCUT2D eigenvalue weighted by molar-refractivity contribution is 9.10. The Morgan fingerprint density at radius 3 is 2.40 bits per heavy atom. The minimum Gasteiger partial charge on any atom is -0.543 e. The zero-order valence-electron chi connectivity index (χ0n) is 10.0. The lowest BCUT2D eigenvalue weighted by Gasteiger charge is -2.36. The second-order valence-electron chi connectivity index (χ2n) is 5.23. The molecule has 15 heavy (non-hydrogen) atoms. The molecule has 0 aromatic heterocycles.